The summed E-state index contributed by atoms with van der Waals surface area (Å²) in [6.45, 7) is 0. The van der Waals surface area contributed by atoms with Gasteiger partial charge in [0.2, 0.25) is 0 Å². The number of benzene rings is 2. The number of carbonyl (C=O) groups is 2. The van der Waals surface area contributed by atoms with Gasteiger partial charge in [0.1, 0.15) is 10.6 Å². The Bertz CT molecular complexity index is 1440. The van der Waals surface area contributed by atoms with Gasteiger partial charge in [-0.25, -0.2) is 14.6 Å². The van der Waals surface area contributed by atoms with Gasteiger partial charge in [0, 0.05) is 20.1 Å². The van der Waals surface area contributed by atoms with E-state index in [1.54, 1.807) is 30.3 Å². The molecule has 0 N–H and O–H groups in total. The molecule has 32 heavy (non-hydrogen) atoms. The first-order valence-corrected chi connectivity index (χ1v) is 11.2. The van der Waals surface area contributed by atoms with E-state index in [1.165, 1.54) is 23.7 Å². The topological polar surface area (TPSA) is 78.1 Å². The van der Waals surface area contributed by atoms with Gasteiger partial charge in [0.25, 0.3) is 5.90 Å². The molecule has 0 bridgehead atoms. The fraction of sp³-hybridized carbons (Fsp3) is 0. The average molecular weight is 529 g/mol. The van der Waals surface area contributed by atoms with Crippen LogP contribution in [0.3, 0.4) is 0 Å². The molecule has 0 spiro atoms. The third kappa shape index (κ3) is 3.88. The Kier molecular flexibility index (Phi) is 5.42. The van der Waals surface area contributed by atoms with E-state index in [2.05, 4.69) is 20.9 Å². The van der Waals surface area contributed by atoms with Crippen molar-refractivity contribution < 1.29 is 23.5 Å². The molecule has 6 nitrogen and oxygen atoms in total. The number of esters is 2. The van der Waals surface area contributed by atoms with Gasteiger partial charge in [-0.3, -0.25) is 0 Å². The number of furan rings is 1. The van der Waals surface area contributed by atoms with Crippen LogP contribution in [0, 0.1) is 0 Å². The fourth-order valence-corrected chi connectivity index (χ4v) is 4.84. The summed E-state index contributed by atoms with van der Waals surface area (Å²) in [5.74, 6) is -0.583. The molecular formula is C23H11BrClNO5S. The SMILES string of the molecule is O=C1OC(c2ccco2)=N/C1=C/c1cc(Br)ccc1OC(=O)c1sc2ccccc2c1Cl. The summed E-state index contributed by atoms with van der Waals surface area (Å²) in [5.41, 5.74) is 0.507. The Hall–Kier alpha value is -3.20. The summed E-state index contributed by atoms with van der Waals surface area (Å²) in [7, 11) is 0. The molecule has 5 rings (SSSR count). The summed E-state index contributed by atoms with van der Waals surface area (Å²) < 4.78 is 17.7. The van der Waals surface area contributed by atoms with Crippen molar-refractivity contribution >= 4 is 72.9 Å². The van der Waals surface area contributed by atoms with Crippen molar-refractivity contribution in [3.8, 4) is 5.75 Å². The molecule has 1 aliphatic heterocycles. The Balaban J connectivity index is 1.49. The molecule has 0 saturated carbocycles. The number of ether oxygens (including phenoxy) is 2. The van der Waals surface area contributed by atoms with E-state index in [0.29, 0.717) is 21.2 Å². The fourth-order valence-electron chi connectivity index (χ4n) is 3.08. The molecule has 158 valence electrons. The maximum absolute atomic E-state index is 12.9. The van der Waals surface area contributed by atoms with E-state index in [1.807, 2.05) is 24.3 Å². The predicted octanol–water partition coefficient (Wildman–Crippen LogP) is 6.47. The number of rotatable bonds is 4. The van der Waals surface area contributed by atoms with E-state index >= 15 is 0 Å². The van der Waals surface area contributed by atoms with Crippen molar-refractivity contribution in [2.45, 2.75) is 0 Å². The second-order valence-corrected chi connectivity index (χ2v) is 8.97. The minimum Gasteiger partial charge on any atom is -0.459 e. The molecule has 2 aromatic carbocycles. The minimum atomic E-state index is -0.638. The highest BCUT2D eigenvalue weighted by Gasteiger charge is 2.27. The van der Waals surface area contributed by atoms with E-state index in [0.717, 1.165) is 14.6 Å². The molecule has 0 radical (unpaired) electrons. The lowest BCUT2D eigenvalue weighted by Crippen LogP contribution is -2.08. The third-order valence-electron chi connectivity index (χ3n) is 4.54. The second-order valence-electron chi connectivity index (χ2n) is 6.63. The molecule has 0 unspecified atom stereocenters. The summed E-state index contributed by atoms with van der Waals surface area (Å²) in [5, 5.41) is 1.14. The van der Waals surface area contributed by atoms with Gasteiger partial charge >= 0.3 is 11.9 Å². The first-order chi connectivity index (χ1) is 15.5. The number of halogens is 2. The largest absolute Gasteiger partial charge is 0.459 e. The molecule has 0 saturated heterocycles. The summed E-state index contributed by atoms with van der Waals surface area (Å²) in [6.07, 6.45) is 2.94. The molecule has 0 fully saturated rings. The number of hydrogen-bond acceptors (Lipinski definition) is 7. The number of nitrogens with zero attached hydrogens (tertiary/aromatic N) is 1. The van der Waals surface area contributed by atoms with Crippen molar-refractivity contribution in [3.63, 3.8) is 0 Å². The number of cyclic esters (lactones) is 1. The Morgan fingerprint density at radius 1 is 1.16 bits per heavy atom. The molecule has 1 aliphatic rings. The number of thiophene rings is 1. The maximum Gasteiger partial charge on any atom is 0.363 e. The summed E-state index contributed by atoms with van der Waals surface area (Å²) in [4.78, 5) is 29.7. The van der Waals surface area contributed by atoms with E-state index < -0.39 is 11.9 Å². The number of carbonyl (C=O) groups excluding carboxylic acids is 2. The highest BCUT2D eigenvalue weighted by Crippen LogP contribution is 2.36. The number of aliphatic imine (C=N–C) groups is 1. The zero-order valence-corrected chi connectivity index (χ0v) is 19.2. The lowest BCUT2D eigenvalue weighted by Gasteiger charge is -2.08. The van der Waals surface area contributed by atoms with Crippen LogP contribution in [0.2, 0.25) is 5.02 Å². The van der Waals surface area contributed by atoms with Crippen LogP contribution in [0.15, 0.2) is 80.4 Å². The van der Waals surface area contributed by atoms with Crippen LogP contribution in [-0.2, 0) is 9.53 Å². The lowest BCUT2D eigenvalue weighted by atomic mass is 10.1. The van der Waals surface area contributed by atoms with Gasteiger partial charge in [0.15, 0.2) is 11.5 Å². The summed E-state index contributed by atoms with van der Waals surface area (Å²) >= 11 is 11.1. The van der Waals surface area contributed by atoms with Crippen LogP contribution in [0.4, 0.5) is 0 Å². The zero-order valence-electron chi connectivity index (χ0n) is 16.0. The predicted molar refractivity (Wildman–Crippen MR) is 125 cm³/mol. The smallest absolute Gasteiger partial charge is 0.363 e. The molecule has 4 aromatic rings. The van der Waals surface area contributed by atoms with Gasteiger partial charge in [-0.05, 0) is 42.5 Å². The normalized spacial score (nSPS) is 14.6. The van der Waals surface area contributed by atoms with Gasteiger partial charge in [-0.1, -0.05) is 45.7 Å². The maximum atomic E-state index is 12.9. The Labute approximate surface area is 198 Å². The molecular weight excluding hydrogens is 518 g/mol. The van der Waals surface area contributed by atoms with Crippen molar-refractivity contribution in [3.05, 3.63) is 92.3 Å². The highest BCUT2D eigenvalue weighted by atomic mass is 79.9. The molecule has 3 heterocycles. The Morgan fingerprint density at radius 3 is 2.78 bits per heavy atom. The van der Waals surface area contributed by atoms with Gasteiger partial charge in [-0.15, -0.1) is 11.3 Å². The third-order valence-corrected chi connectivity index (χ3v) is 6.69. The standard InChI is InChI=1S/C23H11BrClNO5S/c24-13-7-8-16(30-23(28)20-19(25)14-4-1-2-6-18(14)32-20)12(10-13)11-15-22(27)31-21(26-15)17-5-3-9-29-17/h1-11H/b15-11+. The van der Waals surface area contributed by atoms with Crippen molar-refractivity contribution in [2.75, 3.05) is 0 Å². The van der Waals surface area contributed by atoms with Crippen LogP contribution < -0.4 is 4.74 Å². The first kappa shape index (κ1) is 20.7. The number of fused-ring (bicyclic) bond motifs is 1. The monoisotopic (exact) mass is 527 g/mol. The first-order valence-electron chi connectivity index (χ1n) is 9.25. The molecule has 0 atom stereocenters. The summed E-state index contributed by atoms with van der Waals surface area (Å²) in [6, 6.07) is 15.8. The van der Waals surface area contributed by atoms with Crippen LogP contribution in [0.1, 0.15) is 21.0 Å². The van der Waals surface area contributed by atoms with Crippen molar-refractivity contribution in [1.82, 2.24) is 0 Å². The number of hydrogen-bond donors (Lipinski definition) is 0. The van der Waals surface area contributed by atoms with Crippen LogP contribution >= 0.6 is 38.9 Å². The van der Waals surface area contributed by atoms with Gasteiger partial charge < -0.3 is 13.9 Å². The van der Waals surface area contributed by atoms with Crippen LogP contribution in [0.25, 0.3) is 16.2 Å². The molecule has 0 amide bonds. The minimum absolute atomic E-state index is 0.0479. The average Bonchev–Trinajstić information content (AvgIpc) is 3.50. The van der Waals surface area contributed by atoms with Crippen LogP contribution in [0.5, 0.6) is 5.75 Å². The van der Waals surface area contributed by atoms with Crippen molar-refractivity contribution in [1.29, 1.82) is 0 Å². The van der Waals surface area contributed by atoms with Crippen LogP contribution in [-0.4, -0.2) is 17.8 Å². The van der Waals surface area contributed by atoms with Crippen molar-refractivity contribution in [2.24, 2.45) is 4.99 Å². The molecule has 9 heteroatoms. The Morgan fingerprint density at radius 2 is 2.00 bits per heavy atom. The lowest BCUT2D eigenvalue weighted by molar-refractivity contribution is -0.130. The molecule has 0 aliphatic carbocycles. The second kappa shape index (κ2) is 8.38. The van der Waals surface area contributed by atoms with E-state index in [9.17, 15) is 9.59 Å². The highest BCUT2D eigenvalue weighted by molar-refractivity contribution is 9.10. The molecule has 2 aromatic heterocycles. The van der Waals surface area contributed by atoms with Gasteiger partial charge in [0.05, 0.1) is 11.3 Å². The zero-order chi connectivity index (χ0) is 22.2. The quantitative estimate of drug-likeness (QED) is 0.172. The van der Waals surface area contributed by atoms with E-state index in [-0.39, 0.29) is 17.3 Å². The van der Waals surface area contributed by atoms with Gasteiger partial charge in [-0.2, -0.15) is 0 Å². The van der Waals surface area contributed by atoms with E-state index in [4.69, 9.17) is 25.5 Å².